The molecule has 0 bridgehead atoms. The number of nitrogens with one attached hydrogen (secondary N) is 1. The van der Waals surface area contributed by atoms with Crippen molar-refractivity contribution in [1.82, 2.24) is 10.2 Å². The standard InChI is InChI=1S/C24H20N4O6S/c1-28(17-7-3-2-4-8-17)35(30,31)18-13-11-16(12-14-18)22(29)25-24-27-26-23(34-24)21-15-32-19-9-5-6-10-20(19)33-21/h2-14,21H,15H2,1H3,(H,25,27,29)/t21-/m0/s1. The van der Waals surface area contributed by atoms with Crippen molar-refractivity contribution >= 4 is 27.6 Å². The zero-order chi connectivity index (χ0) is 24.4. The topological polar surface area (TPSA) is 124 Å². The van der Waals surface area contributed by atoms with Crippen LogP contribution in [0.25, 0.3) is 0 Å². The third kappa shape index (κ3) is 4.53. The van der Waals surface area contributed by atoms with Gasteiger partial charge in [0.05, 0.1) is 10.6 Å². The van der Waals surface area contributed by atoms with E-state index in [1.807, 2.05) is 12.1 Å². The molecule has 10 nitrogen and oxygen atoms in total. The van der Waals surface area contributed by atoms with Crippen molar-refractivity contribution in [1.29, 1.82) is 0 Å². The van der Waals surface area contributed by atoms with Crippen molar-refractivity contribution in [3.8, 4) is 11.5 Å². The Labute approximate surface area is 201 Å². The van der Waals surface area contributed by atoms with Crippen LogP contribution in [0.4, 0.5) is 11.7 Å². The quantitative estimate of drug-likeness (QED) is 0.433. The van der Waals surface area contributed by atoms with Crippen molar-refractivity contribution in [2.75, 3.05) is 23.3 Å². The van der Waals surface area contributed by atoms with Crippen molar-refractivity contribution in [3.05, 3.63) is 90.3 Å². The number of para-hydroxylation sites is 3. The lowest BCUT2D eigenvalue weighted by Crippen LogP contribution is -2.26. The molecule has 1 amide bonds. The lowest BCUT2D eigenvalue weighted by molar-refractivity contribution is 0.0716. The summed E-state index contributed by atoms with van der Waals surface area (Å²) in [5.74, 6) is 0.796. The highest BCUT2D eigenvalue weighted by Gasteiger charge is 2.28. The summed E-state index contributed by atoms with van der Waals surface area (Å²) in [6.45, 7) is 0.181. The number of rotatable bonds is 6. The van der Waals surface area contributed by atoms with Crippen LogP contribution in [0, 0.1) is 0 Å². The molecule has 0 fully saturated rings. The van der Waals surface area contributed by atoms with Gasteiger partial charge in [-0.15, -0.1) is 5.10 Å². The molecule has 35 heavy (non-hydrogen) atoms. The SMILES string of the molecule is CN(c1ccccc1)S(=O)(=O)c1ccc(C(=O)Nc2nnc([C@@H]3COc4ccccc4O3)o2)cc1. The van der Waals surface area contributed by atoms with Gasteiger partial charge >= 0.3 is 6.01 Å². The summed E-state index contributed by atoms with van der Waals surface area (Å²) in [4.78, 5) is 12.7. The second-order valence-corrected chi connectivity index (χ2v) is 9.57. The Balaban J connectivity index is 1.25. The van der Waals surface area contributed by atoms with Crippen molar-refractivity contribution in [2.45, 2.75) is 11.0 Å². The first-order chi connectivity index (χ1) is 16.9. The second kappa shape index (κ2) is 9.11. The number of benzene rings is 3. The zero-order valence-electron chi connectivity index (χ0n) is 18.5. The van der Waals surface area contributed by atoms with Crippen LogP contribution in [0.15, 0.2) is 88.2 Å². The van der Waals surface area contributed by atoms with Gasteiger partial charge < -0.3 is 13.9 Å². The number of ether oxygens (including phenoxy) is 2. The molecule has 1 aromatic heterocycles. The zero-order valence-corrected chi connectivity index (χ0v) is 19.3. The number of hydrogen-bond acceptors (Lipinski definition) is 8. The first-order valence-corrected chi connectivity index (χ1v) is 12.0. The van der Waals surface area contributed by atoms with Gasteiger partial charge in [0.15, 0.2) is 11.5 Å². The number of carbonyl (C=O) groups excluding carboxylic acids is 1. The summed E-state index contributed by atoms with van der Waals surface area (Å²) in [5, 5.41) is 10.3. The second-order valence-electron chi connectivity index (χ2n) is 7.60. The van der Waals surface area contributed by atoms with E-state index in [-0.39, 0.29) is 29.0 Å². The molecule has 0 spiro atoms. The van der Waals surface area contributed by atoms with Crippen LogP contribution in [0.2, 0.25) is 0 Å². The number of amides is 1. The molecule has 1 atom stereocenters. The molecular weight excluding hydrogens is 472 g/mol. The maximum Gasteiger partial charge on any atom is 0.322 e. The van der Waals surface area contributed by atoms with Crippen LogP contribution in [-0.4, -0.2) is 38.2 Å². The van der Waals surface area contributed by atoms with Crippen molar-refractivity contribution < 1.29 is 27.1 Å². The summed E-state index contributed by atoms with van der Waals surface area (Å²) in [6, 6.07) is 21.4. The third-order valence-electron chi connectivity index (χ3n) is 5.34. The molecule has 3 aromatic carbocycles. The maximum atomic E-state index is 12.9. The first kappa shape index (κ1) is 22.4. The van der Waals surface area contributed by atoms with Gasteiger partial charge in [-0.05, 0) is 48.5 Å². The molecule has 0 unspecified atom stereocenters. The highest BCUT2D eigenvalue weighted by atomic mass is 32.2. The number of sulfonamides is 1. The van der Waals surface area contributed by atoms with Crippen LogP contribution in [-0.2, 0) is 10.0 Å². The number of aromatic nitrogens is 2. The molecule has 0 aliphatic carbocycles. The summed E-state index contributed by atoms with van der Waals surface area (Å²) in [5.41, 5.74) is 0.745. The van der Waals surface area contributed by atoms with Gasteiger partial charge in [-0.1, -0.05) is 35.4 Å². The normalized spacial score (nSPS) is 14.8. The summed E-state index contributed by atoms with van der Waals surface area (Å²) < 4.78 is 44.0. The predicted octanol–water partition coefficient (Wildman–Crippen LogP) is 3.66. The predicted molar refractivity (Wildman–Crippen MR) is 126 cm³/mol. The molecule has 178 valence electrons. The number of fused-ring (bicyclic) bond motifs is 1. The number of carbonyl (C=O) groups is 1. The van der Waals surface area contributed by atoms with E-state index in [1.165, 1.54) is 35.6 Å². The van der Waals surface area contributed by atoms with E-state index in [1.54, 1.807) is 42.5 Å². The Morgan fingerprint density at radius 2 is 1.63 bits per heavy atom. The highest BCUT2D eigenvalue weighted by molar-refractivity contribution is 7.92. The lowest BCUT2D eigenvalue weighted by atomic mass is 10.2. The molecule has 4 aromatic rings. The lowest BCUT2D eigenvalue weighted by Gasteiger charge is -2.23. The van der Waals surface area contributed by atoms with E-state index >= 15 is 0 Å². The molecule has 0 saturated carbocycles. The van der Waals surface area contributed by atoms with Crippen molar-refractivity contribution in [2.24, 2.45) is 0 Å². The third-order valence-corrected chi connectivity index (χ3v) is 7.14. The van der Waals surface area contributed by atoms with E-state index in [4.69, 9.17) is 13.9 Å². The monoisotopic (exact) mass is 492 g/mol. The first-order valence-electron chi connectivity index (χ1n) is 10.6. The fourth-order valence-corrected chi connectivity index (χ4v) is 4.63. The van der Waals surface area contributed by atoms with Gasteiger partial charge in [-0.3, -0.25) is 14.4 Å². The Hall–Kier alpha value is -4.38. The Kier molecular flexibility index (Phi) is 5.83. The highest BCUT2D eigenvalue weighted by Crippen LogP contribution is 2.35. The van der Waals surface area contributed by atoms with E-state index in [2.05, 4.69) is 15.5 Å². The molecular formula is C24H20N4O6S. The van der Waals surface area contributed by atoms with E-state index < -0.39 is 22.0 Å². The number of hydrogen-bond donors (Lipinski definition) is 1. The smallest absolute Gasteiger partial charge is 0.322 e. The molecule has 5 rings (SSSR count). The summed E-state index contributed by atoms with van der Waals surface area (Å²) >= 11 is 0. The van der Waals surface area contributed by atoms with Crippen molar-refractivity contribution in [3.63, 3.8) is 0 Å². The molecule has 0 radical (unpaired) electrons. The molecule has 2 heterocycles. The van der Waals surface area contributed by atoms with Crippen LogP contribution in [0.5, 0.6) is 11.5 Å². The van der Waals surface area contributed by atoms with Gasteiger partial charge in [0, 0.05) is 12.6 Å². The maximum absolute atomic E-state index is 12.9. The Morgan fingerprint density at radius 3 is 2.37 bits per heavy atom. The minimum absolute atomic E-state index is 0.0511. The summed E-state index contributed by atoms with van der Waals surface area (Å²) in [6.07, 6.45) is -0.617. The fourth-order valence-electron chi connectivity index (χ4n) is 3.44. The molecule has 0 saturated heterocycles. The Bertz CT molecular complexity index is 1450. The number of nitrogens with zero attached hydrogens (tertiary/aromatic N) is 3. The van der Waals surface area contributed by atoms with E-state index in [0.717, 1.165) is 0 Å². The molecule has 1 aliphatic rings. The average molecular weight is 493 g/mol. The van der Waals surface area contributed by atoms with Crippen LogP contribution < -0.4 is 19.1 Å². The molecule has 11 heteroatoms. The van der Waals surface area contributed by atoms with Crippen LogP contribution >= 0.6 is 0 Å². The molecule has 1 N–H and O–H groups in total. The van der Waals surface area contributed by atoms with E-state index in [0.29, 0.717) is 17.2 Å². The van der Waals surface area contributed by atoms with E-state index in [9.17, 15) is 13.2 Å². The largest absolute Gasteiger partial charge is 0.485 e. The fraction of sp³-hybridized carbons (Fsp3) is 0.125. The van der Waals surface area contributed by atoms with Crippen LogP contribution in [0.3, 0.4) is 0 Å². The van der Waals surface area contributed by atoms with Gasteiger partial charge in [0.2, 0.25) is 6.10 Å². The van der Waals surface area contributed by atoms with Gasteiger partial charge in [-0.25, -0.2) is 8.42 Å². The van der Waals surface area contributed by atoms with Gasteiger partial charge in [0.25, 0.3) is 21.8 Å². The average Bonchev–Trinajstić information content (AvgIpc) is 3.37. The number of anilines is 2. The van der Waals surface area contributed by atoms with Gasteiger partial charge in [-0.2, -0.15) is 0 Å². The molecule has 1 aliphatic heterocycles. The summed E-state index contributed by atoms with van der Waals surface area (Å²) in [7, 11) is -2.32. The Morgan fingerprint density at radius 1 is 0.943 bits per heavy atom. The van der Waals surface area contributed by atoms with Crippen LogP contribution in [0.1, 0.15) is 22.4 Å². The minimum Gasteiger partial charge on any atom is -0.485 e. The van der Waals surface area contributed by atoms with Gasteiger partial charge in [0.1, 0.15) is 6.61 Å². The minimum atomic E-state index is -3.79.